The number of carbonyl (C=O) groups is 2. The monoisotopic (exact) mass is 405 g/mol. The molecule has 1 heterocycles. The summed E-state index contributed by atoms with van der Waals surface area (Å²) in [6, 6.07) is 13.8. The van der Waals surface area contributed by atoms with E-state index in [1.54, 1.807) is 0 Å². The van der Waals surface area contributed by atoms with Crippen LogP contribution >= 0.6 is 12.4 Å². The molecule has 6 nitrogen and oxygen atoms in total. The molecule has 3 N–H and O–H groups in total. The van der Waals surface area contributed by atoms with Crippen molar-refractivity contribution in [3.05, 3.63) is 42.5 Å². The second kappa shape index (κ2) is 10.9. The van der Waals surface area contributed by atoms with Crippen molar-refractivity contribution in [3.8, 4) is 5.75 Å². The van der Waals surface area contributed by atoms with Crippen LogP contribution in [0.4, 0.5) is 0 Å². The lowest BCUT2D eigenvalue weighted by Crippen LogP contribution is -2.50. The van der Waals surface area contributed by atoms with Crippen LogP contribution in [0.5, 0.6) is 5.75 Å². The van der Waals surface area contributed by atoms with Crippen LogP contribution in [0.3, 0.4) is 0 Å². The van der Waals surface area contributed by atoms with Gasteiger partial charge in [0.1, 0.15) is 5.75 Å². The van der Waals surface area contributed by atoms with Gasteiger partial charge in [0.25, 0.3) is 5.91 Å². The summed E-state index contributed by atoms with van der Waals surface area (Å²) in [4.78, 5) is 26.3. The van der Waals surface area contributed by atoms with Gasteiger partial charge in [-0.05, 0) is 30.7 Å². The van der Waals surface area contributed by atoms with Crippen LogP contribution in [0.25, 0.3) is 10.8 Å². The molecule has 0 radical (unpaired) electrons. The summed E-state index contributed by atoms with van der Waals surface area (Å²) < 4.78 is 5.85. The highest BCUT2D eigenvalue weighted by atomic mass is 35.5. The second-order valence-electron chi connectivity index (χ2n) is 6.85. The Labute approximate surface area is 171 Å². The van der Waals surface area contributed by atoms with Gasteiger partial charge in [-0.1, -0.05) is 36.4 Å². The third-order valence-electron chi connectivity index (χ3n) is 4.95. The number of benzene rings is 2. The summed E-state index contributed by atoms with van der Waals surface area (Å²) in [5.74, 6) is 0.606. The lowest BCUT2D eigenvalue weighted by atomic mass is 10.0. The summed E-state index contributed by atoms with van der Waals surface area (Å²) >= 11 is 0. The number of amides is 2. The molecule has 2 amide bonds. The Bertz CT molecular complexity index is 794. The van der Waals surface area contributed by atoms with E-state index in [1.165, 1.54) is 0 Å². The normalized spacial score (nSPS) is 16.3. The molecule has 152 valence electrons. The van der Waals surface area contributed by atoms with E-state index in [0.717, 1.165) is 30.0 Å². The molecule has 1 unspecified atom stereocenters. The first-order valence-corrected chi connectivity index (χ1v) is 9.56. The van der Waals surface area contributed by atoms with Gasteiger partial charge in [-0.3, -0.25) is 9.59 Å². The SMILES string of the molecule is Cl.NCCC(=O)NCC1CCCCN1C(=O)COc1cccc2ccccc12. The minimum Gasteiger partial charge on any atom is -0.483 e. The minimum atomic E-state index is -0.0672. The van der Waals surface area contributed by atoms with Crippen molar-refractivity contribution in [2.45, 2.75) is 31.7 Å². The lowest BCUT2D eigenvalue weighted by Gasteiger charge is -2.35. The van der Waals surface area contributed by atoms with Crippen molar-refractivity contribution < 1.29 is 14.3 Å². The number of nitrogens with zero attached hydrogens (tertiary/aromatic N) is 1. The first kappa shape index (κ1) is 22.0. The number of rotatable bonds is 7. The first-order chi connectivity index (χ1) is 13.2. The number of hydrogen-bond donors (Lipinski definition) is 2. The van der Waals surface area contributed by atoms with Gasteiger partial charge in [0.2, 0.25) is 5.91 Å². The van der Waals surface area contributed by atoms with Crippen molar-refractivity contribution in [1.29, 1.82) is 0 Å². The average molecular weight is 406 g/mol. The van der Waals surface area contributed by atoms with Gasteiger partial charge in [-0.2, -0.15) is 0 Å². The third kappa shape index (κ3) is 5.59. The Hall–Kier alpha value is -2.31. The second-order valence-corrected chi connectivity index (χ2v) is 6.85. The van der Waals surface area contributed by atoms with Crippen molar-refractivity contribution in [3.63, 3.8) is 0 Å². The number of ether oxygens (including phenoxy) is 1. The Morgan fingerprint density at radius 2 is 1.93 bits per heavy atom. The van der Waals surface area contributed by atoms with Gasteiger partial charge < -0.3 is 20.7 Å². The van der Waals surface area contributed by atoms with Gasteiger partial charge in [0.05, 0.1) is 0 Å². The molecule has 1 atom stereocenters. The van der Waals surface area contributed by atoms with E-state index in [0.29, 0.717) is 31.8 Å². The molecule has 2 aromatic rings. The first-order valence-electron chi connectivity index (χ1n) is 9.56. The predicted molar refractivity (Wildman–Crippen MR) is 113 cm³/mol. The molecule has 3 rings (SSSR count). The molecule has 1 aliphatic rings. The van der Waals surface area contributed by atoms with Crippen LogP contribution in [0, 0.1) is 0 Å². The predicted octanol–water partition coefficient (Wildman–Crippen LogP) is 2.49. The van der Waals surface area contributed by atoms with Crippen LogP contribution < -0.4 is 15.8 Å². The zero-order valence-electron chi connectivity index (χ0n) is 15.9. The maximum atomic E-state index is 12.8. The van der Waals surface area contributed by atoms with Gasteiger partial charge in [-0.25, -0.2) is 0 Å². The number of halogens is 1. The maximum absolute atomic E-state index is 12.8. The highest BCUT2D eigenvalue weighted by Crippen LogP contribution is 2.25. The minimum absolute atomic E-state index is 0. The van der Waals surface area contributed by atoms with Crippen LogP contribution in [-0.2, 0) is 9.59 Å². The van der Waals surface area contributed by atoms with Crippen molar-refractivity contribution in [2.75, 3.05) is 26.2 Å². The Morgan fingerprint density at radius 3 is 2.75 bits per heavy atom. The fraction of sp³-hybridized carbons (Fsp3) is 0.429. The highest BCUT2D eigenvalue weighted by Gasteiger charge is 2.27. The average Bonchev–Trinajstić information content (AvgIpc) is 2.71. The molecule has 28 heavy (non-hydrogen) atoms. The summed E-state index contributed by atoms with van der Waals surface area (Å²) in [6.45, 7) is 1.51. The van der Waals surface area contributed by atoms with E-state index in [9.17, 15) is 9.59 Å². The van der Waals surface area contributed by atoms with Gasteiger partial charge in [0, 0.05) is 37.5 Å². The molecule has 0 aromatic heterocycles. The highest BCUT2D eigenvalue weighted by molar-refractivity contribution is 5.88. The number of piperidine rings is 1. The fourth-order valence-electron chi connectivity index (χ4n) is 3.54. The summed E-state index contributed by atoms with van der Waals surface area (Å²) in [5, 5.41) is 4.96. The molecule has 0 saturated carbocycles. The summed E-state index contributed by atoms with van der Waals surface area (Å²) in [7, 11) is 0. The lowest BCUT2D eigenvalue weighted by molar-refractivity contribution is -0.137. The van der Waals surface area contributed by atoms with Crippen LogP contribution in [0.2, 0.25) is 0 Å². The maximum Gasteiger partial charge on any atom is 0.260 e. The Kier molecular flexibility index (Phi) is 8.54. The number of carbonyl (C=O) groups excluding carboxylic acids is 2. The van der Waals surface area contributed by atoms with Gasteiger partial charge >= 0.3 is 0 Å². The molecule has 0 bridgehead atoms. The van der Waals surface area contributed by atoms with Crippen LogP contribution in [0.1, 0.15) is 25.7 Å². The van der Waals surface area contributed by atoms with E-state index in [2.05, 4.69) is 5.32 Å². The van der Waals surface area contributed by atoms with E-state index < -0.39 is 0 Å². The smallest absolute Gasteiger partial charge is 0.260 e. The largest absolute Gasteiger partial charge is 0.483 e. The Balaban J connectivity index is 0.00000280. The Morgan fingerprint density at radius 1 is 1.14 bits per heavy atom. The number of nitrogens with one attached hydrogen (secondary N) is 1. The van der Waals surface area contributed by atoms with Crippen molar-refractivity contribution in [1.82, 2.24) is 10.2 Å². The summed E-state index contributed by atoms with van der Waals surface area (Å²) in [5.41, 5.74) is 5.41. The molecule has 0 spiro atoms. The number of hydrogen-bond acceptors (Lipinski definition) is 4. The third-order valence-corrected chi connectivity index (χ3v) is 4.95. The molecule has 1 aliphatic heterocycles. The number of likely N-dealkylation sites (tertiary alicyclic amines) is 1. The quantitative estimate of drug-likeness (QED) is 0.741. The molecule has 1 fully saturated rings. The van der Waals surface area contributed by atoms with Crippen molar-refractivity contribution in [2.24, 2.45) is 5.73 Å². The molecule has 1 saturated heterocycles. The molecule has 2 aromatic carbocycles. The molecule has 0 aliphatic carbocycles. The fourth-order valence-corrected chi connectivity index (χ4v) is 3.54. The van der Waals surface area contributed by atoms with E-state index >= 15 is 0 Å². The van der Waals surface area contributed by atoms with E-state index in [4.69, 9.17) is 10.5 Å². The molecule has 7 heteroatoms. The van der Waals surface area contributed by atoms with Gasteiger partial charge in [-0.15, -0.1) is 12.4 Å². The van der Waals surface area contributed by atoms with Crippen molar-refractivity contribution >= 4 is 35.0 Å². The van der Waals surface area contributed by atoms with Crippen LogP contribution in [0.15, 0.2) is 42.5 Å². The standard InChI is InChI=1S/C21H27N3O3.ClH/c22-12-11-20(25)23-14-17-8-3-4-13-24(17)21(26)15-27-19-10-5-7-16-6-1-2-9-18(16)19;/h1-2,5-7,9-10,17H,3-4,8,11-15,22H2,(H,23,25);1H. The zero-order chi connectivity index (χ0) is 19.1. The molecular weight excluding hydrogens is 378 g/mol. The van der Waals surface area contributed by atoms with E-state index in [1.807, 2.05) is 47.4 Å². The zero-order valence-corrected chi connectivity index (χ0v) is 16.7. The number of nitrogens with two attached hydrogens (primary N) is 1. The molecular formula is C21H28ClN3O3. The van der Waals surface area contributed by atoms with Gasteiger partial charge in [0.15, 0.2) is 6.61 Å². The topological polar surface area (TPSA) is 84.7 Å². The summed E-state index contributed by atoms with van der Waals surface area (Å²) in [6.07, 6.45) is 3.24. The number of fused-ring (bicyclic) bond motifs is 1. The van der Waals surface area contributed by atoms with E-state index in [-0.39, 0.29) is 36.9 Å². The van der Waals surface area contributed by atoms with Crippen LogP contribution in [-0.4, -0.2) is 49.0 Å².